The Morgan fingerprint density at radius 3 is 2.58 bits per heavy atom. The van der Waals surface area contributed by atoms with Gasteiger partial charge in [0.25, 0.3) is 10.0 Å². The van der Waals surface area contributed by atoms with Crippen LogP contribution in [0, 0.1) is 11.8 Å². The highest BCUT2D eigenvalue weighted by atomic mass is 35.5. The molecule has 2 rings (SSSR count). The van der Waals surface area contributed by atoms with Gasteiger partial charge in [0.2, 0.25) is 5.91 Å². The second kappa shape index (κ2) is 5.02. The highest BCUT2D eigenvalue weighted by Gasteiger charge is 2.40. The summed E-state index contributed by atoms with van der Waals surface area (Å²) in [6, 6.07) is 4.05. The van der Waals surface area contributed by atoms with Gasteiger partial charge in [-0.15, -0.1) is 0 Å². The molecule has 104 valence electrons. The van der Waals surface area contributed by atoms with Crippen molar-refractivity contribution in [3.8, 4) is 5.75 Å². The maximum Gasteiger partial charge on any atom is 0.264 e. The Bertz CT molecular complexity index is 614. The molecule has 1 aromatic carbocycles. The number of methoxy groups -OCH3 is 1. The van der Waals surface area contributed by atoms with Gasteiger partial charge in [-0.3, -0.25) is 4.79 Å². The Balaban J connectivity index is 2.19. The first-order valence-corrected chi connectivity index (χ1v) is 7.61. The molecule has 1 aliphatic carbocycles. The fourth-order valence-electron chi connectivity index (χ4n) is 1.77. The van der Waals surface area contributed by atoms with Crippen molar-refractivity contribution in [2.24, 2.45) is 11.8 Å². The van der Waals surface area contributed by atoms with Crippen molar-refractivity contribution in [2.75, 3.05) is 7.11 Å². The van der Waals surface area contributed by atoms with Crippen LogP contribution in [0.15, 0.2) is 23.1 Å². The maximum absolute atomic E-state index is 12.0. The molecule has 2 unspecified atom stereocenters. The van der Waals surface area contributed by atoms with Crippen molar-refractivity contribution in [3.05, 3.63) is 23.2 Å². The fourth-order valence-corrected chi connectivity index (χ4v) is 3.15. The number of halogens is 1. The quantitative estimate of drug-likeness (QED) is 0.920. The Morgan fingerprint density at radius 2 is 2.11 bits per heavy atom. The molecule has 7 heteroatoms. The third kappa shape index (κ3) is 3.01. The smallest absolute Gasteiger partial charge is 0.264 e. The molecule has 1 saturated carbocycles. The van der Waals surface area contributed by atoms with Crippen molar-refractivity contribution < 1.29 is 17.9 Å². The molecule has 1 aromatic rings. The van der Waals surface area contributed by atoms with Gasteiger partial charge in [-0.2, -0.15) is 0 Å². The van der Waals surface area contributed by atoms with Gasteiger partial charge < -0.3 is 4.74 Å². The van der Waals surface area contributed by atoms with E-state index in [4.69, 9.17) is 16.3 Å². The first kappa shape index (κ1) is 14.1. The van der Waals surface area contributed by atoms with Crippen molar-refractivity contribution in [1.29, 1.82) is 0 Å². The zero-order chi connectivity index (χ0) is 14.2. The summed E-state index contributed by atoms with van der Waals surface area (Å²) in [5.41, 5.74) is 0. The fraction of sp³-hybridized carbons (Fsp3) is 0.417. The lowest BCUT2D eigenvalue weighted by Crippen LogP contribution is -2.32. The number of carbonyl (C=O) groups is 1. The average molecular weight is 304 g/mol. The van der Waals surface area contributed by atoms with E-state index in [9.17, 15) is 13.2 Å². The SMILES string of the molecule is COc1ccc(S(=O)(=O)NC(=O)C2CC2C)cc1Cl. The highest BCUT2D eigenvalue weighted by molar-refractivity contribution is 7.90. The number of amides is 1. The van der Waals surface area contributed by atoms with E-state index in [0.717, 1.165) is 6.42 Å². The number of sulfonamides is 1. The topological polar surface area (TPSA) is 72.5 Å². The predicted molar refractivity (Wildman–Crippen MR) is 70.6 cm³/mol. The van der Waals surface area contributed by atoms with E-state index in [-0.39, 0.29) is 21.8 Å². The van der Waals surface area contributed by atoms with Crippen LogP contribution >= 0.6 is 11.6 Å². The normalized spacial score (nSPS) is 21.8. The molecule has 0 aliphatic heterocycles. The van der Waals surface area contributed by atoms with E-state index in [1.165, 1.54) is 25.3 Å². The molecule has 0 spiro atoms. The van der Waals surface area contributed by atoms with E-state index < -0.39 is 15.9 Å². The lowest BCUT2D eigenvalue weighted by molar-refractivity contribution is -0.120. The van der Waals surface area contributed by atoms with Crippen LogP contribution in [0.25, 0.3) is 0 Å². The number of hydrogen-bond acceptors (Lipinski definition) is 4. The van der Waals surface area contributed by atoms with Crippen LogP contribution in [0.5, 0.6) is 5.75 Å². The summed E-state index contributed by atoms with van der Waals surface area (Å²) >= 11 is 5.87. The van der Waals surface area contributed by atoms with Gasteiger partial charge in [0.1, 0.15) is 5.75 Å². The van der Waals surface area contributed by atoms with Crippen molar-refractivity contribution >= 4 is 27.5 Å². The first-order chi connectivity index (χ1) is 8.85. The van der Waals surface area contributed by atoms with Crippen molar-refractivity contribution in [2.45, 2.75) is 18.2 Å². The third-order valence-corrected chi connectivity index (χ3v) is 4.75. The number of nitrogens with one attached hydrogen (secondary N) is 1. The Kier molecular flexibility index (Phi) is 3.73. The maximum atomic E-state index is 12.0. The molecule has 1 amide bonds. The number of hydrogen-bond donors (Lipinski definition) is 1. The van der Waals surface area contributed by atoms with Gasteiger partial charge in [-0.25, -0.2) is 13.1 Å². The molecule has 0 bridgehead atoms. The van der Waals surface area contributed by atoms with E-state index in [1.54, 1.807) is 0 Å². The van der Waals surface area contributed by atoms with Crippen LogP contribution in [0.4, 0.5) is 0 Å². The second-order valence-electron chi connectivity index (χ2n) is 4.59. The monoisotopic (exact) mass is 303 g/mol. The summed E-state index contributed by atoms with van der Waals surface area (Å²) < 4.78 is 31.0. The summed E-state index contributed by atoms with van der Waals surface area (Å²) in [6.45, 7) is 1.90. The molecule has 2 atom stereocenters. The zero-order valence-electron chi connectivity index (χ0n) is 10.5. The van der Waals surface area contributed by atoms with Gasteiger partial charge in [-0.1, -0.05) is 18.5 Å². The summed E-state index contributed by atoms with van der Waals surface area (Å²) in [7, 11) is -2.44. The largest absolute Gasteiger partial charge is 0.495 e. The minimum Gasteiger partial charge on any atom is -0.495 e. The lowest BCUT2D eigenvalue weighted by Gasteiger charge is -2.08. The molecule has 0 radical (unpaired) electrons. The van der Waals surface area contributed by atoms with Gasteiger partial charge >= 0.3 is 0 Å². The summed E-state index contributed by atoms with van der Waals surface area (Å²) in [4.78, 5) is 11.6. The number of carbonyl (C=O) groups excluding carboxylic acids is 1. The molecular weight excluding hydrogens is 290 g/mol. The van der Waals surface area contributed by atoms with Gasteiger partial charge in [0.05, 0.1) is 17.0 Å². The number of benzene rings is 1. The van der Waals surface area contributed by atoms with Crippen LogP contribution in [0.3, 0.4) is 0 Å². The van der Waals surface area contributed by atoms with E-state index >= 15 is 0 Å². The van der Waals surface area contributed by atoms with Gasteiger partial charge in [0, 0.05) is 5.92 Å². The number of rotatable bonds is 4. The summed E-state index contributed by atoms with van der Waals surface area (Å²) in [6.07, 6.45) is 0.727. The Hall–Kier alpha value is -1.27. The average Bonchev–Trinajstić information content (AvgIpc) is 3.06. The van der Waals surface area contributed by atoms with Crippen molar-refractivity contribution in [3.63, 3.8) is 0 Å². The first-order valence-electron chi connectivity index (χ1n) is 5.75. The molecule has 1 N–H and O–H groups in total. The molecule has 0 heterocycles. The molecular formula is C12H14ClNO4S. The zero-order valence-corrected chi connectivity index (χ0v) is 12.1. The highest BCUT2D eigenvalue weighted by Crippen LogP contribution is 2.38. The van der Waals surface area contributed by atoms with Gasteiger partial charge in [-0.05, 0) is 30.5 Å². The van der Waals surface area contributed by atoms with E-state index in [0.29, 0.717) is 5.75 Å². The van der Waals surface area contributed by atoms with Crippen LogP contribution in [0.1, 0.15) is 13.3 Å². The molecule has 0 saturated heterocycles. The lowest BCUT2D eigenvalue weighted by atomic mass is 10.3. The third-order valence-electron chi connectivity index (χ3n) is 3.11. The summed E-state index contributed by atoms with van der Waals surface area (Å²) in [5.74, 6) is -0.0413. The number of ether oxygens (including phenoxy) is 1. The Labute approximate surface area is 117 Å². The predicted octanol–water partition coefficient (Wildman–Crippen LogP) is 1.81. The van der Waals surface area contributed by atoms with Crippen LogP contribution in [-0.2, 0) is 14.8 Å². The molecule has 1 aliphatic rings. The molecule has 19 heavy (non-hydrogen) atoms. The standard InChI is InChI=1S/C12H14ClNO4S/c1-7-5-9(7)12(15)14-19(16,17)8-3-4-11(18-2)10(13)6-8/h3-4,6-7,9H,5H2,1-2H3,(H,14,15). The second-order valence-corrected chi connectivity index (χ2v) is 6.68. The molecule has 5 nitrogen and oxygen atoms in total. The summed E-state index contributed by atoms with van der Waals surface area (Å²) in [5, 5.41) is 0.178. The van der Waals surface area contributed by atoms with Gasteiger partial charge in [0.15, 0.2) is 0 Å². The minimum absolute atomic E-state index is 0.0556. The molecule has 0 aromatic heterocycles. The van der Waals surface area contributed by atoms with E-state index in [1.807, 2.05) is 6.92 Å². The van der Waals surface area contributed by atoms with Crippen molar-refractivity contribution in [1.82, 2.24) is 4.72 Å². The van der Waals surface area contributed by atoms with Crippen LogP contribution < -0.4 is 9.46 Å². The minimum atomic E-state index is -3.87. The van der Waals surface area contributed by atoms with Crippen LogP contribution in [-0.4, -0.2) is 21.4 Å². The van der Waals surface area contributed by atoms with Crippen LogP contribution in [0.2, 0.25) is 5.02 Å². The Morgan fingerprint density at radius 1 is 1.47 bits per heavy atom. The van der Waals surface area contributed by atoms with E-state index in [2.05, 4.69) is 4.72 Å². The molecule has 1 fully saturated rings.